The fraction of sp³-hybridized carbons (Fsp3) is 0.364. The molecule has 0 atom stereocenters. The summed E-state index contributed by atoms with van der Waals surface area (Å²) in [6.45, 7) is 1.27. The molecule has 1 saturated heterocycles. The first-order valence-corrected chi connectivity index (χ1v) is 11.8. The molecule has 0 radical (unpaired) electrons. The van der Waals surface area contributed by atoms with Crippen LogP contribution in [0.25, 0.3) is 11.1 Å². The number of esters is 1. The number of carbonyl (C=O) groups is 1. The van der Waals surface area contributed by atoms with E-state index in [2.05, 4.69) is 0 Å². The minimum atomic E-state index is -3.77. The van der Waals surface area contributed by atoms with E-state index in [0.717, 1.165) is 12.8 Å². The molecule has 1 fully saturated rings. The maximum atomic E-state index is 13.0. The molecule has 0 spiro atoms. The van der Waals surface area contributed by atoms with Crippen LogP contribution in [0.1, 0.15) is 29.6 Å². The van der Waals surface area contributed by atoms with Crippen LogP contribution in [-0.4, -0.2) is 50.1 Å². The summed E-state index contributed by atoms with van der Waals surface area (Å²) >= 11 is 0. The standard InChI is InChI=1S/C22H24N2O7S/c1-29-19-10-9-16(15-20(19)32(27,28)23-11-4-5-12-23)21(25)30-14-6-13-24-17-7-2-3-8-18(17)31-22(24)26/h2-3,7-10,15H,4-6,11-14H2,1H3. The van der Waals surface area contributed by atoms with Crippen LogP contribution in [0.5, 0.6) is 5.75 Å². The number of hydrogen-bond acceptors (Lipinski definition) is 7. The lowest BCUT2D eigenvalue weighted by Crippen LogP contribution is -2.28. The second-order valence-electron chi connectivity index (χ2n) is 7.45. The molecule has 2 aromatic carbocycles. The Morgan fingerprint density at radius 2 is 1.88 bits per heavy atom. The number of benzene rings is 2. The number of rotatable bonds is 8. The van der Waals surface area contributed by atoms with E-state index in [1.807, 2.05) is 6.07 Å². The van der Waals surface area contributed by atoms with Crippen molar-refractivity contribution in [2.45, 2.75) is 30.7 Å². The summed E-state index contributed by atoms with van der Waals surface area (Å²) in [5.41, 5.74) is 1.30. The lowest BCUT2D eigenvalue weighted by atomic mass is 10.2. The number of sulfonamides is 1. The monoisotopic (exact) mass is 460 g/mol. The Kier molecular flexibility index (Phi) is 6.33. The highest BCUT2D eigenvalue weighted by Crippen LogP contribution is 2.30. The Morgan fingerprint density at radius 3 is 2.62 bits per heavy atom. The lowest BCUT2D eigenvalue weighted by Gasteiger charge is -2.18. The normalized spacial score (nSPS) is 14.7. The Balaban J connectivity index is 1.43. The number of methoxy groups -OCH3 is 1. The molecule has 1 aromatic heterocycles. The van der Waals surface area contributed by atoms with Crippen molar-refractivity contribution < 1.29 is 27.1 Å². The van der Waals surface area contributed by atoms with Gasteiger partial charge in [-0.05, 0) is 49.6 Å². The predicted molar refractivity (Wildman–Crippen MR) is 116 cm³/mol. The van der Waals surface area contributed by atoms with E-state index in [1.54, 1.807) is 18.2 Å². The summed E-state index contributed by atoms with van der Waals surface area (Å²) in [5, 5.41) is 0. The van der Waals surface area contributed by atoms with Crippen LogP contribution in [-0.2, 0) is 21.3 Å². The van der Waals surface area contributed by atoms with Gasteiger partial charge in [-0.15, -0.1) is 0 Å². The van der Waals surface area contributed by atoms with E-state index in [9.17, 15) is 18.0 Å². The largest absolute Gasteiger partial charge is 0.495 e. The second-order valence-corrected chi connectivity index (χ2v) is 9.36. The zero-order valence-electron chi connectivity index (χ0n) is 17.7. The van der Waals surface area contributed by atoms with Crippen LogP contribution in [0.4, 0.5) is 0 Å². The van der Waals surface area contributed by atoms with E-state index in [-0.39, 0.29) is 22.8 Å². The van der Waals surface area contributed by atoms with Crippen LogP contribution in [0.3, 0.4) is 0 Å². The highest BCUT2D eigenvalue weighted by molar-refractivity contribution is 7.89. The Hall–Kier alpha value is -3.11. The van der Waals surface area contributed by atoms with Crippen LogP contribution in [0.2, 0.25) is 0 Å². The number of ether oxygens (including phenoxy) is 2. The zero-order chi connectivity index (χ0) is 22.7. The number of aryl methyl sites for hydroxylation is 1. The molecule has 2 heterocycles. The summed E-state index contributed by atoms with van der Waals surface area (Å²) in [6, 6.07) is 11.3. The molecule has 0 unspecified atom stereocenters. The van der Waals surface area contributed by atoms with E-state index >= 15 is 0 Å². The zero-order valence-corrected chi connectivity index (χ0v) is 18.5. The van der Waals surface area contributed by atoms with Crippen molar-refractivity contribution in [2.75, 3.05) is 26.8 Å². The average Bonchev–Trinajstić information content (AvgIpc) is 3.44. The summed E-state index contributed by atoms with van der Waals surface area (Å²) in [7, 11) is -2.38. The fourth-order valence-electron chi connectivity index (χ4n) is 3.77. The molecule has 0 saturated carbocycles. The molecule has 32 heavy (non-hydrogen) atoms. The first kappa shape index (κ1) is 22.1. The van der Waals surface area contributed by atoms with Gasteiger partial charge in [-0.2, -0.15) is 4.31 Å². The number of nitrogens with zero attached hydrogens (tertiary/aromatic N) is 2. The summed E-state index contributed by atoms with van der Waals surface area (Å²) in [5.74, 6) is -0.931. The van der Waals surface area contributed by atoms with Gasteiger partial charge in [0.1, 0.15) is 10.6 Å². The molecular formula is C22H24N2O7S. The van der Waals surface area contributed by atoms with E-state index in [1.165, 1.54) is 34.2 Å². The summed E-state index contributed by atoms with van der Waals surface area (Å²) in [6.07, 6.45) is 2.00. The van der Waals surface area contributed by atoms with Crippen LogP contribution in [0.15, 0.2) is 56.6 Å². The molecule has 0 N–H and O–H groups in total. The third kappa shape index (κ3) is 4.28. The molecule has 4 rings (SSSR count). The number of aromatic nitrogens is 1. The Labute approximate surface area is 185 Å². The van der Waals surface area contributed by atoms with Crippen molar-refractivity contribution in [1.82, 2.24) is 8.87 Å². The van der Waals surface area contributed by atoms with Crippen molar-refractivity contribution in [3.63, 3.8) is 0 Å². The van der Waals surface area contributed by atoms with Crippen LogP contribution >= 0.6 is 0 Å². The third-order valence-electron chi connectivity index (χ3n) is 5.42. The SMILES string of the molecule is COc1ccc(C(=O)OCCCn2c(=O)oc3ccccc32)cc1S(=O)(=O)N1CCCC1. The molecular weight excluding hydrogens is 436 g/mol. The Morgan fingerprint density at radius 1 is 1.12 bits per heavy atom. The van der Waals surface area contributed by atoms with Gasteiger partial charge in [0.05, 0.1) is 24.8 Å². The molecule has 10 heteroatoms. The molecule has 9 nitrogen and oxygen atoms in total. The molecule has 3 aromatic rings. The van der Waals surface area contributed by atoms with Gasteiger partial charge in [0.15, 0.2) is 5.58 Å². The quantitative estimate of drug-likeness (QED) is 0.376. The summed E-state index contributed by atoms with van der Waals surface area (Å²) < 4.78 is 44.5. The topological polar surface area (TPSA) is 108 Å². The molecule has 170 valence electrons. The van der Waals surface area contributed by atoms with Crippen molar-refractivity contribution in [2.24, 2.45) is 0 Å². The first-order chi connectivity index (χ1) is 15.4. The lowest BCUT2D eigenvalue weighted by molar-refractivity contribution is 0.0495. The van der Waals surface area contributed by atoms with Crippen molar-refractivity contribution in [1.29, 1.82) is 0 Å². The van der Waals surface area contributed by atoms with Gasteiger partial charge in [0, 0.05) is 19.6 Å². The van der Waals surface area contributed by atoms with Crippen LogP contribution < -0.4 is 10.5 Å². The van der Waals surface area contributed by atoms with Crippen LogP contribution in [0, 0.1) is 0 Å². The highest BCUT2D eigenvalue weighted by atomic mass is 32.2. The van der Waals surface area contributed by atoms with Gasteiger partial charge in [-0.1, -0.05) is 12.1 Å². The first-order valence-electron chi connectivity index (χ1n) is 10.4. The second kappa shape index (κ2) is 9.17. The number of fused-ring (bicyclic) bond motifs is 1. The maximum Gasteiger partial charge on any atom is 0.419 e. The minimum Gasteiger partial charge on any atom is -0.495 e. The number of oxazole rings is 1. The number of carbonyl (C=O) groups excluding carboxylic acids is 1. The van der Waals surface area contributed by atoms with E-state index < -0.39 is 21.7 Å². The van der Waals surface area contributed by atoms with Gasteiger partial charge in [-0.3, -0.25) is 4.57 Å². The van der Waals surface area contributed by atoms with E-state index in [0.29, 0.717) is 37.2 Å². The fourth-order valence-corrected chi connectivity index (χ4v) is 5.47. The minimum absolute atomic E-state index is 0.0484. The molecule has 0 bridgehead atoms. The van der Waals surface area contributed by atoms with Gasteiger partial charge >= 0.3 is 11.7 Å². The summed E-state index contributed by atoms with van der Waals surface area (Å²) in [4.78, 5) is 24.5. The number of hydrogen-bond donors (Lipinski definition) is 0. The van der Waals surface area contributed by atoms with Gasteiger partial charge in [0.25, 0.3) is 0 Å². The van der Waals surface area contributed by atoms with Crippen molar-refractivity contribution >= 4 is 27.1 Å². The average molecular weight is 461 g/mol. The third-order valence-corrected chi connectivity index (χ3v) is 7.33. The molecule has 0 amide bonds. The molecule has 0 aliphatic carbocycles. The smallest absolute Gasteiger partial charge is 0.419 e. The van der Waals surface area contributed by atoms with Gasteiger partial charge in [0.2, 0.25) is 10.0 Å². The molecule has 1 aliphatic heterocycles. The highest BCUT2D eigenvalue weighted by Gasteiger charge is 2.30. The van der Waals surface area contributed by atoms with Crippen molar-refractivity contribution in [3.05, 3.63) is 58.6 Å². The van der Waals surface area contributed by atoms with Gasteiger partial charge < -0.3 is 13.9 Å². The molecule has 1 aliphatic rings. The predicted octanol–water partition coefficient (Wildman–Crippen LogP) is 2.63. The number of para-hydroxylation sites is 2. The van der Waals surface area contributed by atoms with E-state index in [4.69, 9.17) is 13.9 Å². The Bertz CT molecular complexity index is 1290. The maximum absolute atomic E-state index is 13.0. The van der Waals surface area contributed by atoms with Gasteiger partial charge in [-0.25, -0.2) is 18.0 Å². The van der Waals surface area contributed by atoms with Crippen molar-refractivity contribution in [3.8, 4) is 5.75 Å².